The van der Waals surface area contributed by atoms with Crippen LogP contribution in [0.15, 0.2) is 41.4 Å². The lowest BCUT2D eigenvalue weighted by atomic mass is 10.0. The van der Waals surface area contributed by atoms with Crippen LogP contribution < -0.4 is 4.90 Å². The monoisotopic (exact) mass is 348 g/mol. The summed E-state index contributed by atoms with van der Waals surface area (Å²) in [6.45, 7) is 2.37. The van der Waals surface area contributed by atoms with Crippen LogP contribution in [0.5, 0.6) is 0 Å². The number of likely N-dealkylation sites (tertiary alicyclic amines) is 1. The Hall–Kier alpha value is -1.33. The zero-order valence-electron chi connectivity index (χ0n) is 12.5. The Morgan fingerprint density at radius 3 is 2.71 bits per heavy atom. The third kappa shape index (κ3) is 3.30. The van der Waals surface area contributed by atoms with E-state index in [2.05, 4.69) is 69.1 Å². The molecule has 1 saturated heterocycles. The molecule has 0 atom stereocenters. The number of rotatable bonds is 3. The van der Waals surface area contributed by atoms with Crippen molar-refractivity contribution >= 4 is 21.6 Å². The highest BCUT2D eigenvalue weighted by Gasteiger charge is 2.20. The molecule has 2 aromatic rings. The third-order valence-corrected chi connectivity index (χ3v) is 4.73. The minimum atomic E-state index is 0.631. The Morgan fingerprint density at radius 1 is 1.29 bits per heavy atom. The van der Waals surface area contributed by atoms with Gasteiger partial charge in [-0.2, -0.15) is 0 Å². The summed E-state index contributed by atoms with van der Waals surface area (Å²) in [4.78, 5) is 9.05. The van der Waals surface area contributed by atoms with Gasteiger partial charge in [-0.15, -0.1) is 0 Å². The van der Waals surface area contributed by atoms with E-state index in [0.717, 1.165) is 10.3 Å². The molecule has 21 heavy (non-hydrogen) atoms. The molecule has 0 N–H and O–H groups in total. The molecule has 1 aliphatic heterocycles. The molecule has 1 fully saturated rings. The largest absolute Gasteiger partial charge is 0.371 e. The van der Waals surface area contributed by atoms with E-state index in [0.29, 0.717) is 6.04 Å². The first-order chi connectivity index (χ1) is 10.1. The van der Waals surface area contributed by atoms with E-state index < -0.39 is 0 Å². The van der Waals surface area contributed by atoms with Gasteiger partial charge in [-0.1, -0.05) is 6.07 Å². The second-order valence-corrected chi connectivity index (χ2v) is 6.58. The molecule has 0 aliphatic carbocycles. The van der Waals surface area contributed by atoms with Crippen molar-refractivity contribution in [1.29, 1.82) is 0 Å². The Labute approximate surface area is 134 Å². The normalized spacial score (nSPS) is 17.1. The molecule has 0 amide bonds. The van der Waals surface area contributed by atoms with Crippen molar-refractivity contribution in [3.63, 3.8) is 0 Å². The molecule has 0 saturated carbocycles. The van der Waals surface area contributed by atoms with E-state index in [1.165, 1.54) is 31.6 Å². The number of hydrogen-bond donors (Lipinski definition) is 0. The quantitative estimate of drug-likeness (QED) is 0.851. The van der Waals surface area contributed by atoms with Crippen LogP contribution in [0.1, 0.15) is 12.8 Å². The second kappa shape index (κ2) is 6.20. The van der Waals surface area contributed by atoms with Crippen LogP contribution in [0.25, 0.3) is 5.69 Å². The smallest absolute Gasteiger partial charge is 0.124 e. The van der Waals surface area contributed by atoms with Crippen LogP contribution in [0.2, 0.25) is 0 Å². The minimum Gasteiger partial charge on any atom is -0.371 e. The maximum Gasteiger partial charge on any atom is 0.124 e. The van der Waals surface area contributed by atoms with Gasteiger partial charge in [0.15, 0.2) is 0 Å². The highest BCUT2D eigenvalue weighted by molar-refractivity contribution is 9.10. The van der Waals surface area contributed by atoms with Crippen LogP contribution in [0, 0.1) is 0 Å². The predicted octanol–water partition coefficient (Wildman–Crippen LogP) is 3.17. The van der Waals surface area contributed by atoms with Crippen LogP contribution >= 0.6 is 15.9 Å². The van der Waals surface area contributed by atoms with E-state index in [-0.39, 0.29) is 0 Å². The highest BCUT2D eigenvalue weighted by Crippen LogP contribution is 2.24. The molecule has 3 rings (SSSR count). The summed E-state index contributed by atoms with van der Waals surface area (Å²) in [5, 5.41) is 0. The van der Waals surface area contributed by atoms with Gasteiger partial charge in [-0.05, 0) is 67.1 Å². The SMILES string of the molecule is CN1CCC(N(C)c2cccc(-n3cnc(Br)c3)c2)CC1. The molecule has 0 spiro atoms. The van der Waals surface area contributed by atoms with E-state index in [1.54, 1.807) is 0 Å². The number of aromatic nitrogens is 2. The molecule has 112 valence electrons. The van der Waals surface area contributed by atoms with Crippen LogP contribution in [-0.4, -0.2) is 47.7 Å². The van der Waals surface area contributed by atoms with E-state index in [1.807, 2.05) is 17.1 Å². The summed E-state index contributed by atoms with van der Waals surface area (Å²) in [6.07, 6.45) is 6.27. The fourth-order valence-corrected chi connectivity index (χ4v) is 3.22. The van der Waals surface area contributed by atoms with E-state index in [9.17, 15) is 0 Å². The van der Waals surface area contributed by atoms with Gasteiger partial charge in [0, 0.05) is 30.7 Å². The summed E-state index contributed by atoms with van der Waals surface area (Å²) < 4.78 is 2.90. The Morgan fingerprint density at radius 2 is 2.05 bits per heavy atom. The number of piperidine rings is 1. The van der Waals surface area contributed by atoms with Gasteiger partial charge in [0.05, 0.1) is 0 Å². The average molecular weight is 349 g/mol. The summed E-state index contributed by atoms with van der Waals surface area (Å²) in [5.74, 6) is 0. The predicted molar refractivity (Wildman–Crippen MR) is 90.2 cm³/mol. The van der Waals surface area contributed by atoms with Gasteiger partial charge < -0.3 is 14.4 Å². The van der Waals surface area contributed by atoms with E-state index in [4.69, 9.17) is 0 Å². The van der Waals surface area contributed by atoms with Crippen molar-refractivity contribution in [3.8, 4) is 5.69 Å². The molecule has 0 radical (unpaired) electrons. The molecule has 1 aliphatic rings. The average Bonchev–Trinajstić information content (AvgIpc) is 2.94. The maximum atomic E-state index is 4.23. The summed E-state index contributed by atoms with van der Waals surface area (Å²) in [7, 11) is 4.41. The van der Waals surface area contributed by atoms with Crippen LogP contribution in [0.3, 0.4) is 0 Å². The standard InChI is InChI=1S/C16H21BrN4/c1-19-8-6-13(7-9-19)20(2)14-4-3-5-15(10-14)21-11-16(17)18-12-21/h3-5,10-13H,6-9H2,1-2H3. The first kappa shape index (κ1) is 14.6. The number of halogens is 1. The molecule has 0 unspecified atom stereocenters. The highest BCUT2D eigenvalue weighted by atomic mass is 79.9. The fraction of sp³-hybridized carbons (Fsp3) is 0.438. The van der Waals surface area contributed by atoms with Gasteiger partial charge in [-0.25, -0.2) is 4.98 Å². The lowest BCUT2D eigenvalue weighted by Gasteiger charge is -2.36. The minimum absolute atomic E-state index is 0.631. The van der Waals surface area contributed by atoms with Crippen molar-refractivity contribution in [2.45, 2.75) is 18.9 Å². The van der Waals surface area contributed by atoms with Gasteiger partial charge >= 0.3 is 0 Å². The van der Waals surface area contributed by atoms with Crippen LogP contribution in [-0.2, 0) is 0 Å². The lowest BCUT2D eigenvalue weighted by molar-refractivity contribution is 0.253. The molecular weight excluding hydrogens is 328 g/mol. The van der Waals surface area contributed by atoms with Gasteiger partial charge in [0.2, 0.25) is 0 Å². The second-order valence-electron chi connectivity index (χ2n) is 5.77. The van der Waals surface area contributed by atoms with E-state index >= 15 is 0 Å². The first-order valence-corrected chi connectivity index (χ1v) is 8.14. The number of nitrogens with zero attached hydrogens (tertiary/aromatic N) is 4. The number of imidazole rings is 1. The lowest BCUT2D eigenvalue weighted by Crippen LogP contribution is -2.42. The Bertz CT molecular complexity index is 602. The van der Waals surface area contributed by atoms with Crippen molar-refractivity contribution in [2.75, 3.05) is 32.1 Å². The number of anilines is 1. The molecule has 4 nitrogen and oxygen atoms in total. The summed E-state index contributed by atoms with van der Waals surface area (Å²) in [5.41, 5.74) is 2.41. The molecular formula is C16H21BrN4. The number of benzene rings is 1. The third-order valence-electron chi connectivity index (χ3n) is 4.32. The van der Waals surface area contributed by atoms with Gasteiger partial charge in [0.1, 0.15) is 10.9 Å². The molecule has 0 bridgehead atoms. The molecule has 1 aromatic heterocycles. The summed E-state index contributed by atoms with van der Waals surface area (Å²) in [6, 6.07) is 9.27. The van der Waals surface area contributed by atoms with Crippen molar-refractivity contribution in [3.05, 3.63) is 41.4 Å². The molecule has 2 heterocycles. The zero-order chi connectivity index (χ0) is 14.8. The topological polar surface area (TPSA) is 24.3 Å². The van der Waals surface area contributed by atoms with Crippen molar-refractivity contribution < 1.29 is 0 Å². The Kier molecular flexibility index (Phi) is 4.31. The first-order valence-electron chi connectivity index (χ1n) is 7.35. The summed E-state index contributed by atoms with van der Waals surface area (Å²) >= 11 is 3.40. The van der Waals surface area contributed by atoms with Crippen LogP contribution in [0.4, 0.5) is 5.69 Å². The molecule has 5 heteroatoms. The van der Waals surface area contributed by atoms with Crippen molar-refractivity contribution in [1.82, 2.24) is 14.5 Å². The van der Waals surface area contributed by atoms with Crippen molar-refractivity contribution in [2.24, 2.45) is 0 Å². The maximum absolute atomic E-state index is 4.23. The zero-order valence-corrected chi connectivity index (χ0v) is 14.1. The fourth-order valence-electron chi connectivity index (χ4n) is 2.91. The van der Waals surface area contributed by atoms with Gasteiger partial charge in [-0.3, -0.25) is 0 Å². The Balaban J connectivity index is 1.79. The van der Waals surface area contributed by atoms with Gasteiger partial charge in [0.25, 0.3) is 0 Å². The molecule has 1 aromatic carbocycles. The number of hydrogen-bond acceptors (Lipinski definition) is 3.